The molecule has 0 heterocycles. The van der Waals surface area contributed by atoms with Crippen molar-refractivity contribution in [2.24, 2.45) is 11.8 Å². The molecule has 0 N–H and O–H groups in total. The van der Waals surface area contributed by atoms with Gasteiger partial charge in [0.1, 0.15) is 13.2 Å². The van der Waals surface area contributed by atoms with E-state index >= 15 is 0 Å². The summed E-state index contributed by atoms with van der Waals surface area (Å²) in [4.78, 5) is 40.2. The maximum Gasteiger partial charge on any atom is 0.306 e. The van der Waals surface area contributed by atoms with Crippen LogP contribution in [0.15, 0.2) is 24.3 Å². The zero-order valence-corrected chi connectivity index (χ0v) is 42.4. The maximum absolute atomic E-state index is 13.3. The minimum Gasteiger partial charge on any atom is -0.461 e. The Morgan fingerprint density at radius 1 is 0.443 bits per heavy atom. The lowest BCUT2D eigenvalue weighted by molar-refractivity contribution is -0.143. The summed E-state index contributed by atoms with van der Waals surface area (Å²) >= 11 is 0. The Labute approximate surface area is 381 Å². The summed E-state index contributed by atoms with van der Waals surface area (Å²) < 4.78 is 11.1. The van der Waals surface area contributed by atoms with E-state index in [0.29, 0.717) is 49.8 Å². The monoisotopic (exact) mass is 876 g/mol. The second-order valence-corrected chi connectivity index (χ2v) is 20.9. The minimum absolute atomic E-state index is 0.0771. The first-order chi connectivity index (χ1) is 29.8. The highest BCUT2D eigenvalue weighted by Crippen LogP contribution is 2.41. The van der Waals surface area contributed by atoms with E-state index in [9.17, 15) is 14.4 Å². The number of allylic oxidation sites excluding steroid dienone is 2. The Hall–Kier alpha value is -1.52. The summed E-state index contributed by atoms with van der Waals surface area (Å²) in [6, 6.07) is 0. The number of ether oxygens (including phenoxy) is 2. The van der Waals surface area contributed by atoms with Gasteiger partial charge in [-0.25, -0.2) is 0 Å². The van der Waals surface area contributed by atoms with Gasteiger partial charge in [-0.3, -0.25) is 14.4 Å². The molecule has 0 unspecified atom stereocenters. The Balaban J connectivity index is 4.40. The molecular formula is C54H102NO5P. The van der Waals surface area contributed by atoms with Gasteiger partial charge in [-0.1, -0.05) is 193 Å². The van der Waals surface area contributed by atoms with Crippen LogP contribution in [0.5, 0.6) is 0 Å². The van der Waals surface area contributed by atoms with Gasteiger partial charge in [0.25, 0.3) is 0 Å². The van der Waals surface area contributed by atoms with E-state index in [2.05, 4.69) is 71.0 Å². The molecule has 0 aliphatic carbocycles. The summed E-state index contributed by atoms with van der Waals surface area (Å²) in [6.45, 7) is 10.8. The molecule has 6 nitrogen and oxygen atoms in total. The quantitative estimate of drug-likeness (QED) is 0.0262. The van der Waals surface area contributed by atoms with Gasteiger partial charge in [0.15, 0.2) is 5.52 Å². The Kier molecular flexibility index (Phi) is 45.3. The summed E-state index contributed by atoms with van der Waals surface area (Å²) in [5.41, 5.74) is 0.504. The molecule has 0 saturated heterocycles. The van der Waals surface area contributed by atoms with Gasteiger partial charge >= 0.3 is 11.9 Å². The summed E-state index contributed by atoms with van der Waals surface area (Å²) in [5.74, 6) is 1.07. The van der Waals surface area contributed by atoms with E-state index in [4.69, 9.17) is 9.47 Å². The second-order valence-electron chi connectivity index (χ2n) is 18.5. The van der Waals surface area contributed by atoms with Crippen LogP contribution >= 0.6 is 7.92 Å². The first-order valence-electron chi connectivity index (χ1n) is 26.3. The number of hydrogen-bond donors (Lipinski definition) is 0. The Morgan fingerprint density at radius 2 is 0.787 bits per heavy atom. The number of unbranched alkanes of at least 4 members (excludes halogenated alkanes) is 20. The number of esters is 2. The van der Waals surface area contributed by atoms with Crippen molar-refractivity contribution in [3.63, 3.8) is 0 Å². The van der Waals surface area contributed by atoms with Crippen LogP contribution in [0.3, 0.4) is 0 Å². The number of hydrogen-bond acceptors (Lipinski definition) is 6. The van der Waals surface area contributed by atoms with Crippen LogP contribution in [0.4, 0.5) is 0 Å². The zero-order valence-electron chi connectivity index (χ0n) is 41.5. The van der Waals surface area contributed by atoms with Crippen LogP contribution in [0.25, 0.3) is 0 Å². The van der Waals surface area contributed by atoms with Gasteiger partial charge in [-0.2, -0.15) is 0 Å². The molecule has 0 atom stereocenters. The third-order valence-electron chi connectivity index (χ3n) is 12.2. The molecule has 0 aromatic rings. The van der Waals surface area contributed by atoms with Gasteiger partial charge in [0.05, 0.1) is 0 Å². The maximum atomic E-state index is 13.3. The predicted molar refractivity (Wildman–Crippen MR) is 267 cm³/mol. The fraction of sp³-hybridized carbons (Fsp3) is 0.870. The number of carbonyl (C=O) groups excluding carboxylic acids is 3. The molecule has 0 aromatic carbocycles. The van der Waals surface area contributed by atoms with Crippen LogP contribution in [-0.4, -0.2) is 68.5 Å². The smallest absolute Gasteiger partial charge is 0.306 e. The first kappa shape index (κ1) is 59.5. The average Bonchev–Trinajstić information content (AvgIpc) is 3.24. The molecule has 61 heavy (non-hydrogen) atoms. The standard InChI is InChI=1S/C54H102NO5P/c1-7-11-15-25-36-50(37-26-16-12-8-2)40-34-46-59-52(56)42-29-21-19-23-31-48-61(54(58)44-33-45-55(5)6)49-32-24-20-22-30-43-53(57)60-47-35-41-51(38-27-17-13-9-3)39-28-18-14-10-4/h34-35,40-41,50-51H,7-33,36-39,42-49H2,1-6H3/b40-34-,41-35-. The Morgan fingerprint density at radius 3 is 1.15 bits per heavy atom. The molecule has 0 fully saturated rings. The molecule has 0 spiro atoms. The summed E-state index contributed by atoms with van der Waals surface area (Å²) in [7, 11) is 3.56. The molecule has 0 rings (SSSR count). The normalized spacial score (nSPS) is 12.0. The average molecular weight is 876 g/mol. The van der Waals surface area contributed by atoms with Crippen molar-refractivity contribution < 1.29 is 23.9 Å². The molecule has 7 heteroatoms. The van der Waals surface area contributed by atoms with Crippen molar-refractivity contribution in [2.75, 3.05) is 46.2 Å². The number of carbonyl (C=O) groups is 3. The highest BCUT2D eigenvalue weighted by molar-refractivity contribution is 7.74. The van der Waals surface area contributed by atoms with E-state index in [0.717, 1.165) is 89.5 Å². The van der Waals surface area contributed by atoms with Crippen molar-refractivity contribution in [1.29, 1.82) is 0 Å². The van der Waals surface area contributed by atoms with Crippen molar-refractivity contribution in [2.45, 2.75) is 246 Å². The largest absolute Gasteiger partial charge is 0.461 e. The lowest BCUT2D eigenvalue weighted by Gasteiger charge is -2.17. The van der Waals surface area contributed by atoms with Crippen molar-refractivity contribution >= 4 is 25.4 Å². The number of rotatable bonds is 47. The van der Waals surface area contributed by atoms with Crippen molar-refractivity contribution in [1.82, 2.24) is 4.90 Å². The molecule has 0 aliphatic rings. The summed E-state index contributed by atoms with van der Waals surface area (Å²) in [6.07, 6.45) is 49.9. The molecule has 0 amide bonds. The predicted octanol–water partition coefficient (Wildman–Crippen LogP) is 16.3. The van der Waals surface area contributed by atoms with E-state index < -0.39 is 7.92 Å². The van der Waals surface area contributed by atoms with Gasteiger partial charge < -0.3 is 14.4 Å². The third kappa shape index (κ3) is 42.2. The molecule has 0 bridgehead atoms. The molecule has 358 valence electrons. The SMILES string of the molecule is CCCCCCC(/C=C\COC(=O)CCCCCCCP(CCCCCCCC(=O)OC/C=C\C(CCCCCC)CCCCCC)C(=O)CCCN(C)C)CCCCCC. The second kappa shape index (κ2) is 46.5. The van der Waals surface area contributed by atoms with E-state index in [1.165, 1.54) is 128 Å². The molecule has 0 radical (unpaired) electrons. The number of nitrogens with zero attached hydrogens (tertiary/aromatic N) is 1. The Bertz CT molecular complexity index is 952. The molecular weight excluding hydrogens is 774 g/mol. The third-order valence-corrected chi connectivity index (χ3v) is 14.8. The van der Waals surface area contributed by atoms with Gasteiger partial charge in [0, 0.05) is 19.3 Å². The van der Waals surface area contributed by atoms with Crippen LogP contribution in [0.2, 0.25) is 0 Å². The van der Waals surface area contributed by atoms with E-state index in [1.807, 2.05) is 0 Å². The minimum atomic E-state index is -0.591. The van der Waals surface area contributed by atoms with Crippen LogP contribution < -0.4 is 0 Å². The summed E-state index contributed by atoms with van der Waals surface area (Å²) in [5, 5.41) is 0. The van der Waals surface area contributed by atoms with Crippen LogP contribution in [-0.2, 0) is 23.9 Å². The van der Waals surface area contributed by atoms with Crippen LogP contribution in [0, 0.1) is 11.8 Å². The lowest BCUT2D eigenvalue weighted by atomic mass is 9.94. The fourth-order valence-corrected chi connectivity index (χ4v) is 10.6. The van der Waals surface area contributed by atoms with E-state index in [-0.39, 0.29) is 11.9 Å². The van der Waals surface area contributed by atoms with Crippen molar-refractivity contribution in [3.8, 4) is 0 Å². The lowest BCUT2D eigenvalue weighted by Crippen LogP contribution is -2.14. The van der Waals surface area contributed by atoms with Gasteiger partial charge in [0.2, 0.25) is 0 Å². The van der Waals surface area contributed by atoms with Crippen LogP contribution in [0.1, 0.15) is 246 Å². The fourth-order valence-electron chi connectivity index (χ4n) is 8.20. The molecule has 0 aromatic heterocycles. The highest BCUT2D eigenvalue weighted by atomic mass is 31.1. The molecule has 0 aliphatic heterocycles. The van der Waals surface area contributed by atoms with Gasteiger partial charge in [-0.15, -0.1) is 0 Å². The molecule has 0 saturated carbocycles. The van der Waals surface area contributed by atoms with E-state index in [1.54, 1.807) is 0 Å². The van der Waals surface area contributed by atoms with Crippen molar-refractivity contribution in [3.05, 3.63) is 24.3 Å². The zero-order chi connectivity index (χ0) is 44.9. The van der Waals surface area contributed by atoms with Gasteiger partial charge in [-0.05, 0) is 111 Å². The topological polar surface area (TPSA) is 72.9 Å². The highest BCUT2D eigenvalue weighted by Gasteiger charge is 2.17. The first-order valence-corrected chi connectivity index (χ1v) is 28.0.